The lowest BCUT2D eigenvalue weighted by Gasteiger charge is -2.30. The molecule has 6 unspecified atom stereocenters. The molecule has 0 amide bonds. The Hall–Kier alpha value is -1.65. The van der Waals surface area contributed by atoms with Gasteiger partial charge in [0.25, 0.3) is 0 Å². The van der Waals surface area contributed by atoms with Gasteiger partial charge in [-0.3, -0.25) is 9.59 Å². The number of nitrogens with zero attached hydrogens (tertiary/aromatic N) is 1. The monoisotopic (exact) mass is 522 g/mol. The molecule has 2 saturated heterocycles. The molecule has 36 heavy (non-hydrogen) atoms. The van der Waals surface area contributed by atoms with Crippen LogP contribution in [0.5, 0.6) is 0 Å². The first-order valence-electron chi connectivity index (χ1n) is 12.9. The van der Waals surface area contributed by atoms with E-state index >= 15 is 0 Å². The van der Waals surface area contributed by atoms with Gasteiger partial charge in [0.2, 0.25) is 5.79 Å². The number of fused-ring (bicyclic) bond motifs is 1. The van der Waals surface area contributed by atoms with Crippen LogP contribution in [0.1, 0.15) is 90.8 Å². The SMILES string of the molecule is CC(=Cc1csc(CN)n1)C1OC(=O)CCC(C)(C)C(=O)C(C)CC(C)CCCC2(C)OC2(O)C1O. The highest BCUT2D eigenvalue weighted by Gasteiger charge is 2.71. The van der Waals surface area contributed by atoms with Gasteiger partial charge in [-0.1, -0.05) is 40.5 Å². The van der Waals surface area contributed by atoms with Crippen LogP contribution < -0.4 is 5.73 Å². The summed E-state index contributed by atoms with van der Waals surface area (Å²) in [4.78, 5) is 30.5. The first-order chi connectivity index (χ1) is 16.7. The third-order valence-electron chi connectivity index (χ3n) is 7.79. The van der Waals surface area contributed by atoms with E-state index in [0.717, 1.165) is 24.3 Å². The second kappa shape index (κ2) is 11.0. The number of esters is 1. The summed E-state index contributed by atoms with van der Waals surface area (Å²) in [5.74, 6) is -2.02. The van der Waals surface area contributed by atoms with Crippen molar-refractivity contribution in [3.8, 4) is 0 Å². The predicted octanol–water partition coefficient (Wildman–Crippen LogP) is 3.98. The topological polar surface area (TPSA) is 135 Å². The largest absolute Gasteiger partial charge is 0.455 e. The average molecular weight is 523 g/mol. The Kier molecular flexibility index (Phi) is 8.83. The first kappa shape index (κ1) is 28.9. The summed E-state index contributed by atoms with van der Waals surface area (Å²) in [5.41, 5.74) is 5.19. The molecular weight excluding hydrogens is 480 g/mol. The fourth-order valence-corrected chi connectivity index (χ4v) is 5.99. The maximum Gasteiger partial charge on any atom is 0.306 e. The van der Waals surface area contributed by atoms with E-state index in [-0.39, 0.29) is 18.1 Å². The number of ether oxygens (including phenoxy) is 2. The number of ketones is 1. The van der Waals surface area contributed by atoms with Gasteiger partial charge in [0.05, 0.1) is 5.69 Å². The summed E-state index contributed by atoms with van der Waals surface area (Å²) in [6.07, 6.45) is 2.40. The van der Waals surface area contributed by atoms with Crippen LogP contribution in [0.15, 0.2) is 11.0 Å². The van der Waals surface area contributed by atoms with Crippen molar-refractivity contribution in [3.63, 3.8) is 0 Å². The summed E-state index contributed by atoms with van der Waals surface area (Å²) in [6, 6.07) is 0. The van der Waals surface area contributed by atoms with E-state index in [1.54, 1.807) is 19.9 Å². The normalized spacial score (nSPS) is 36.8. The number of aliphatic hydroxyl groups is 2. The molecule has 2 fully saturated rings. The van der Waals surface area contributed by atoms with Gasteiger partial charge in [0.1, 0.15) is 16.4 Å². The van der Waals surface area contributed by atoms with Crippen LogP contribution in [-0.2, 0) is 25.6 Å². The highest BCUT2D eigenvalue weighted by atomic mass is 32.1. The molecule has 2 aliphatic heterocycles. The summed E-state index contributed by atoms with van der Waals surface area (Å²) in [5, 5.41) is 25.1. The highest BCUT2D eigenvalue weighted by Crippen LogP contribution is 2.53. The van der Waals surface area contributed by atoms with E-state index in [1.807, 2.05) is 26.2 Å². The van der Waals surface area contributed by atoms with Crippen molar-refractivity contribution in [2.75, 3.05) is 0 Å². The van der Waals surface area contributed by atoms with E-state index in [0.29, 0.717) is 36.6 Å². The zero-order valence-corrected chi connectivity index (χ0v) is 23.2. The highest BCUT2D eigenvalue weighted by molar-refractivity contribution is 7.09. The lowest BCUT2D eigenvalue weighted by atomic mass is 9.75. The van der Waals surface area contributed by atoms with Gasteiger partial charge in [-0.15, -0.1) is 11.3 Å². The first-order valence-corrected chi connectivity index (χ1v) is 13.8. The number of aromatic nitrogens is 1. The Balaban J connectivity index is 1.90. The Bertz CT molecular complexity index is 991. The van der Waals surface area contributed by atoms with Crippen LogP contribution in [0, 0.1) is 17.3 Å². The standard InChI is InChI=1S/C27H42N2O6S/c1-16-8-7-10-26(6)27(33,35-26)24(32)22(17(2)13-19-15-36-20(14-28)29-19)34-21(30)9-11-25(4,5)23(31)18(3)12-16/h13,15-16,18,22,24,32-33H,7-12,14,28H2,1-6H3. The van der Waals surface area contributed by atoms with Crippen molar-refractivity contribution in [1.82, 2.24) is 4.98 Å². The molecule has 202 valence electrons. The average Bonchev–Trinajstić information content (AvgIpc) is 3.13. The van der Waals surface area contributed by atoms with Crippen LogP contribution in [-0.4, -0.2) is 50.5 Å². The van der Waals surface area contributed by atoms with Crippen LogP contribution >= 0.6 is 11.3 Å². The fraction of sp³-hybridized carbons (Fsp3) is 0.741. The number of rotatable bonds is 3. The van der Waals surface area contributed by atoms with Crippen LogP contribution in [0.25, 0.3) is 6.08 Å². The summed E-state index contributed by atoms with van der Waals surface area (Å²) in [6.45, 7) is 11.6. The van der Waals surface area contributed by atoms with Gasteiger partial charge in [0, 0.05) is 29.7 Å². The van der Waals surface area contributed by atoms with Crippen LogP contribution in [0.3, 0.4) is 0 Å². The molecular formula is C27H42N2O6S. The molecule has 0 bridgehead atoms. The zero-order chi connectivity index (χ0) is 26.9. The van der Waals surface area contributed by atoms with Gasteiger partial charge < -0.3 is 25.4 Å². The van der Waals surface area contributed by atoms with Gasteiger partial charge in [-0.05, 0) is 50.7 Å². The Morgan fingerprint density at radius 2 is 1.97 bits per heavy atom. The number of nitrogens with two attached hydrogens (primary N) is 1. The Labute approximate surface area is 218 Å². The van der Waals surface area contributed by atoms with Crippen molar-refractivity contribution >= 4 is 29.2 Å². The van der Waals surface area contributed by atoms with Crippen molar-refractivity contribution in [3.05, 3.63) is 21.7 Å². The molecule has 3 rings (SSSR count). The van der Waals surface area contributed by atoms with Gasteiger partial charge in [-0.25, -0.2) is 4.98 Å². The molecule has 0 saturated carbocycles. The predicted molar refractivity (Wildman–Crippen MR) is 139 cm³/mol. The van der Waals surface area contributed by atoms with Crippen molar-refractivity contribution < 1.29 is 29.3 Å². The second-order valence-corrected chi connectivity index (χ2v) is 12.5. The third kappa shape index (κ3) is 6.25. The number of epoxide rings is 1. The minimum Gasteiger partial charge on any atom is -0.455 e. The van der Waals surface area contributed by atoms with E-state index in [1.165, 1.54) is 11.3 Å². The van der Waals surface area contributed by atoms with Gasteiger partial charge in [0.15, 0.2) is 12.2 Å². The number of carbonyl (C=O) groups is 2. The van der Waals surface area contributed by atoms with E-state index in [2.05, 4.69) is 11.9 Å². The minimum atomic E-state index is -1.83. The Morgan fingerprint density at radius 3 is 2.61 bits per heavy atom. The molecule has 0 radical (unpaired) electrons. The molecule has 9 heteroatoms. The number of hydrogen-bond acceptors (Lipinski definition) is 9. The lowest BCUT2D eigenvalue weighted by Crippen LogP contribution is -2.47. The van der Waals surface area contributed by atoms with E-state index in [4.69, 9.17) is 15.2 Å². The number of thiazole rings is 1. The summed E-state index contributed by atoms with van der Waals surface area (Å²) >= 11 is 1.42. The fourth-order valence-electron chi connectivity index (χ4n) is 5.36. The lowest BCUT2D eigenvalue weighted by molar-refractivity contribution is -0.165. The second-order valence-electron chi connectivity index (χ2n) is 11.5. The van der Waals surface area contributed by atoms with E-state index in [9.17, 15) is 19.8 Å². The van der Waals surface area contributed by atoms with Gasteiger partial charge >= 0.3 is 5.97 Å². The maximum atomic E-state index is 13.1. The molecule has 0 aromatic carbocycles. The molecule has 2 aliphatic rings. The maximum absolute atomic E-state index is 13.1. The minimum absolute atomic E-state index is 0.0160. The molecule has 0 spiro atoms. The third-order valence-corrected chi connectivity index (χ3v) is 8.68. The van der Waals surface area contributed by atoms with Crippen molar-refractivity contribution in [2.45, 2.75) is 110 Å². The molecule has 4 N–H and O–H groups in total. The summed E-state index contributed by atoms with van der Waals surface area (Å²) in [7, 11) is 0. The molecule has 0 aliphatic carbocycles. The van der Waals surface area contributed by atoms with Crippen molar-refractivity contribution in [2.24, 2.45) is 23.0 Å². The van der Waals surface area contributed by atoms with Crippen molar-refractivity contribution in [1.29, 1.82) is 0 Å². The molecule has 1 aromatic heterocycles. The Morgan fingerprint density at radius 1 is 1.28 bits per heavy atom. The number of carbonyl (C=O) groups excluding carboxylic acids is 2. The molecule has 8 nitrogen and oxygen atoms in total. The van der Waals surface area contributed by atoms with Crippen LogP contribution in [0.4, 0.5) is 0 Å². The van der Waals surface area contributed by atoms with Crippen LogP contribution in [0.2, 0.25) is 0 Å². The number of Topliss-reactive ketones (excluding diaryl/α,β-unsaturated/α-hetero) is 1. The molecule has 1 aromatic rings. The van der Waals surface area contributed by atoms with E-state index < -0.39 is 35.0 Å². The number of aliphatic hydroxyl groups excluding tert-OH is 1. The summed E-state index contributed by atoms with van der Waals surface area (Å²) < 4.78 is 11.5. The number of cyclic esters (lactones) is 1. The molecule has 6 atom stereocenters. The number of hydrogen-bond donors (Lipinski definition) is 3. The smallest absolute Gasteiger partial charge is 0.306 e. The van der Waals surface area contributed by atoms with Gasteiger partial charge in [-0.2, -0.15) is 0 Å². The quantitative estimate of drug-likeness (QED) is 0.401. The molecule has 3 heterocycles. The zero-order valence-electron chi connectivity index (χ0n) is 22.4.